The van der Waals surface area contributed by atoms with Crippen LogP contribution < -0.4 is 25.6 Å². The Morgan fingerprint density at radius 2 is 2.08 bits per heavy atom. The standard InChI is InChI=1S/C21H25FN7O7P/c1-10(18(31)33-3)28-37(32)36-12-7-5-4-6-11(12)34-8-13-15(30)21(2,22)19(35-13)29-9-25-14-16(23)26-20(24)27-17(14)29/h4-7,9-10,13,15,19,30H,8H2,1-3H3,(H4,23,24,26,27)/t10?,13-,15-,19-,21-/m1/s1. The molecule has 0 amide bonds. The first-order chi connectivity index (χ1) is 17.5. The number of alkyl halides is 1. The third-order valence-corrected chi connectivity index (χ3v) is 6.56. The molecule has 1 aliphatic rings. The van der Waals surface area contributed by atoms with E-state index in [0.29, 0.717) is 0 Å². The number of hydrogen-bond donors (Lipinski definition) is 3. The summed E-state index contributed by atoms with van der Waals surface area (Å²) in [7, 11) is -1.45. The molecule has 0 aliphatic carbocycles. The molecule has 1 fully saturated rings. The van der Waals surface area contributed by atoms with Crippen LogP contribution in [0.15, 0.2) is 35.3 Å². The van der Waals surface area contributed by atoms with Crippen molar-refractivity contribution in [2.75, 3.05) is 25.2 Å². The van der Waals surface area contributed by atoms with Crippen molar-refractivity contribution in [2.45, 2.75) is 44.0 Å². The van der Waals surface area contributed by atoms with Crippen molar-refractivity contribution in [3.63, 3.8) is 0 Å². The van der Waals surface area contributed by atoms with Gasteiger partial charge in [0.15, 0.2) is 35.2 Å². The van der Waals surface area contributed by atoms with Crippen LogP contribution in [0.3, 0.4) is 0 Å². The van der Waals surface area contributed by atoms with Gasteiger partial charge in [-0.1, -0.05) is 16.9 Å². The van der Waals surface area contributed by atoms with Crippen LogP contribution in [0.1, 0.15) is 20.1 Å². The van der Waals surface area contributed by atoms with Crippen LogP contribution in [0.4, 0.5) is 16.2 Å². The second-order valence-electron chi connectivity index (χ2n) is 8.32. The lowest BCUT2D eigenvalue weighted by molar-refractivity contribution is -0.169. The number of carbonyl (C=O) groups excluding carboxylic acids is 1. The number of methoxy groups -OCH3 is 1. The molecule has 14 nitrogen and oxygen atoms in total. The Morgan fingerprint density at radius 1 is 1.38 bits per heavy atom. The van der Waals surface area contributed by atoms with Crippen molar-refractivity contribution < 1.29 is 37.9 Å². The molecule has 0 radical (unpaired) electrons. The van der Waals surface area contributed by atoms with Gasteiger partial charge in [-0.05, 0) is 26.0 Å². The lowest BCUT2D eigenvalue weighted by atomic mass is 9.98. The van der Waals surface area contributed by atoms with E-state index in [0.717, 1.165) is 0 Å². The highest BCUT2D eigenvalue weighted by molar-refractivity contribution is 7.34. The van der Waals surface area contributed by atoms with Crippen molar-refractivity contribution in [3.05, 3.63) is 30.6 Å². The fourth-order valence-corrected chi connectivity index (χ4v) is 4.50. The van der Waals surface area contributed by atoms with E-state index in [1.807, 2.05) is 0 Å². The van der Waals surface area contributed by atoms with E-state index in [4.69, 9.17) is 25.5 Å². The summed E-state index contributed by atoms with van der Waals surface area (Å²) >= 11 is 0. The fraction of sp³-hybridized carbons (Fsp3) is 0.429. The number of aliphatic hydroxyl groups excluding tert-OH is 1. The number of hydrogen-bond acceptors (Lipinski definition) is 13. The fourth-order valence-electron chi connectivity index (χ4n) is 3.76. The van der Waals surface area contributed by atoms with Crippen molar-refractivity contribution >= 4 is 37.1 Å². The van der Waals surface area contributed by atoms with Crippen LogP contribution in [-0.2, 0) is 14.3 Å². The number of aliphatic hydroxyl groups is 1. The average Bonchev–Trinajstić information content (AvgIpc) is 3.36. The van der Waals surface area contributed by atoms with E-state index in [1.165, 1.54) is 44.0 Å². The minimum atomic E-state index is -2.64. The van der Waals surface area contributed by atoms with Gasteiger partial charge in [0.25, 0.3) is 0 Å². The first-order valence-electron chi connectivity index (χ1n) is 11.0. The Labute approximate surface area is 211 Å². The first-order valence-corrected chi connectivity index (χ1v) is 12.1. The van der Waals surface area contributed by atoms with Crippen molar-refractivity contribution in [3.8, 4) is 11.5 Å². The van der Waals surface area contributed by atoms with Gasteiger partial charge in [-0.15, -0.1) is 0 Å². The van der Waals surface area contributed by atoms with E-state index >= 15 is 4.39 Å². The number of ether oxygens (including phenoxy) is 3. The Balaban J connectivity index is 1.51. The van der Waals surface area contributed by atoms with Gasteiger partial charge in [-0.3, -0.25) is 9.09 Å². The second kappa shape index (κ2) is 10.4. The Kier molecular flexibility index (Phi) is 7.41. The third kappa shape index (κ3) is 5.25. The van der Waals surface area contributed by atoms with Crippen molar-refractivity contribution in [2.24, 2.45) is 4.74 Å². The topological polar surface area (TPSA) is 205 Å². The van der Waals surface area contributed by atoms with E-state index in [2.05, 4.69) is 24.4 Å². The van der Waals surface area contributed by atoms with E-state index in [-0.39, 0.29) is 41.0 Å². The average molecular weight is 537 g/mol. The number of para-hydroxylation sites is 2. The van der Waals surface area contributed by atoms with Gasteiger partial charge in [0.2, 0.25) is 11.7 Å². The van der Waals surface area contributed by atoms with Crippen molar-refractivity contribution in [1.29, 1.82) is 0 Å². The Hall–Kier alpha value is -3.65. The summed E-state index contributed by atoms with van der Waals surface area (Å²) in [5, 5.41) is 10.7. The molecule has 3 aromatic rings. The van der Waals surface area contributed by atoms with E-state index in [9.17, 15) is 14.8 Å². The van der Waals surface area contributed by atoms with Gasteiger partial charge in [-0.2, -0.15) is 9.97 Å². The Morgan fingerprint density at radius 3 is 2.78 bits per heavy atom. The molecule has 4 rings (SSSR count). The molecule has 0 bridgehead atoms. The molecule has 2 aromatic heterocycles. The summed E-state index contributed by atoms with van der Waals surface area (Å²) in [4.78, 5) is 35.8. The number of esters is 1. The zero-order valence-electron chi connectivity index (χ0n) is 20.0. The van der Waals surface area contributed by atoms with Crippen LogP contribution >= 0.6 is 8.17 Å². The normalized spacial score (nSPS) is 24.7. The van der Waals surface area contributed by atoms with Crippen LogP contribution in [0.25, 0.3) is 11.2 Å². The zero-order valence-corrected chi connectivity index (χ0v) is 20.9. The number of aromatic nitrogens is 4. The highest BCUT2D eigenvalue weighted by Gasteiger charge is 2.55. The van der Waals surface area contributed by atoms with E-state index in [1.54, 1.807) is 12.1 Å². The third-order valence-electron chi connectivity index (χ3n) is 5.67. The monoisotopic (exact) mass is 537 g/mol. The lowest BCUT2D eigenvalue weighted by Crippen LogP contribution is -2.41. The maximum absolute atomic E-state index is 15.7. The van der Waals surface area contributed by atoms with Gasteiger partial charge >= 0.3 is 14.1 Å². The molecule has 1 saturated heterocycles. The second-order valence-corrected chi connectivity index (χ2v) is 9.20. The predicted octanol–water partition coefficient (Wildman–Crippen LogP) is 0.852. The molecule has 3 heterocycles. The number of benzene rings is 1. The van der Waals surface area contributed by atoms with Gasteiger partial charge in [0.05, 0.1) is 13.4 Å². The van der Waals surface area contributed by atoms with Crippen LogP contribution in [0.2, 0.25) is 0 Å². The minimum absolute atomic E-state index is 0.0166. The zero-order chi connectivity index (χ0) is 26.9. The number of nitrogens with zero attached hydrogens (tertiary/aromatic N) is 5. The number of carbonyl (C=O) groups is 1. The molecular weight excluding hydrogens is 512 g/mol. The molecule has 37 heavy (non-hydrogen) atoms. The molecular formula is C21H25FN7O7P. The quantitative estimate of drug-likeness (QED) is 0.270. The van der Waals surface area contributed by atoms with Gasteiger partial charge in [0.1, 0.15) is 24.3 Å². The van der Waals surface area contributed by atoms with Crippen LogP contribution in [-0.4, -0.2) is 68.2 Å². The SMILES string of the molecule is COC(=O)C(C)/N=[P+](\[O-])Oc1ccccc1OC[C@H]1O[C@@H](n2cnc3c(N)nc(N)nc32)[C@](C)(F)[C@@H]1O. The largest absolute Gasteiger partial charge is 0.575 e. The van der Waals surface area contributed by atoms with Gasteiger partial charge < -0.3 is 35.7 Å². The summed E-state index contributed by atoms with van der Waals surface area (Å²) < 4.78 is 42.1. The van der Waals surface area contributed by atoms with E-state index < -0.39 is 44.3 Å². The number of anilines is 2. The molecule has 1 aromatic carbocycles. The molecule has 2 unspecified atom stereocenters. The van der Waals surface area contributed by atoms with Crippen LogP contribution in [0, 0.1) is 0 Å². The number of nitrogens with two attached hydrogens (primary N) is 2. The molecule has 0 saturated carbocycles. The molecule has 16 heteroatoms. The van der Waals surface area contributed by atoms with Crippen molar-refractivity contribution in [1.82, 2.24) is 19.5 Å². The molecule has 1 aliphatic heterocycles. The summed E-state index contributed by atoms with van der Waals surface area (Å²) in [6.07, 6.45) is -2.80. The molecule has 5 N–H and O–H groups in total. The molecule has 0 spiro atoms. The smallest absolute Gasteiger partial charge is 0.395 e. The highest BCUT2D eigenvalue weighted by atomic mass is 31.1. The van der Waals surface area contributed by atoms with Gasteiger partial charge in [-0.25, -0.2) is 14.2 Å². The summed E-state index contributed by atoms with van der Waals surface area (Å²) in [6, 6.07) is 5.22. The first kappa shape index (κ1) is 26.4. The predicted molar refractivity (Wildman–Crippen MR) is 127 cm³/mol. The summed E-state index contributed by atoms with van der Waals surface area (Å²) in [5.41, 5.74) is 9.56. The number of nitrogen functional groups attached to an aromatic ring is 2. The molecule has 6 atom stereocenters. The highest BCUT2D eigenvalue weighted by Crippen LogP contribution is 2.43. The maximum atomic E-state index is 15.7. The summed E-state index contributed by atoms with van der Waals surface area (Å²) in [6.45, 7) is 2.29. The summed E-state index contributed by atoms with van der Waals surface area (Å²) in [5.74, 6) is -0.598. The van der Waals surface area contributed by atoms with Gasteiger partial charge in [0, 0.05) is 0 Å². The minimum Gasteiger partial charge on any atom is -0.575 e. The Bertz CT molecular complexity index is 1340. The number of imidazole rings is 1. The number of halogens is 1. The maximum Gasteiger partial charge on any atom is 0.395 e. The number of rotatable bonds is 8. The number of fused-ring (bicyclic) bond motifs is 1. The molecule has 198 valence electrons. The van der Waals surface area contributed by atoms with Crippen LogP contribution in [0.5, 0.6) is 11.5 Å². The lowest BCUT2D eigenvalue weighted by Gasteiger charge is -2.24.